The number of aromatic nitrogens is 1. The monoisotopic (exact) mass is 1230 g/mol. The molecule has 12 heteroatoms. The van der Waals surface area contributed by atoms with Crippen molar-refractivity contribution in [1.82, 2.24) is 9.47 Å². The van der Waals surface area contributed by atoms with E-state index in [2.05, 4.69) is 155 Å². The number of carbonyl (C=O) groups is 3. The van der Waals surface area contributed by atoms with Crippen LogP contribution in [0.2, 0.25) is 0 Å². The summed E-state index contributed by atoms with van der Waals surface area (Å²) in [5.74, 6) is -3.60. The lowest BCUT2D eigenvalue weighted by Crippen LogP contribution is -2.40. The second-order valence-corrected chi connectivity index (χ2v) is 28.5. The van der Waals surface area contributed by atoms with Crippen molar-refractivity contribution in [3.05, 3.63) is 153 Å². The maximum Gasteiger partial charge on any atom is 0.323 e. The molecule has 0 unspecified atom stereocenters. The van der Waals surface area contributed by atoms with Crippen LogP contribution in [0.4, 0.5) is 0 Å². The Morgan fingerprint density at radius 1 is 0.517 bits per heavy atom. The minimum Gasteiger partial charge on any atom is -0.480 e. The number of benzene rings is 4. The number of fused-ring (bicyclic) bond motifs is 6. The van der Waals surface area contributed by atoms with Crippen LogP contribution >= 0.6 is 45.3 Å². The Kier molecular flexibility index (Phi) is 21.0. The van der Waals surface area contributed by atoms with Gasteiger partial charge in [-0.3, -0.25) is 14.4 Å². The summed E-state index contributed by atoms with van der Waals surface area (Å²) >= 11 is 7.33. The van der Waals surface area contributed by atoms with E-state index < -0.39 is 30.9 Å². The molecule has 1 aliphatic rings. The molecule has 0 atom stereocenters. The molecule has 4 aromatic carbocycles. The van der Waals surface area contributed by atoms with Gasteiger partial charge in [-0.1, -0.05) is 173 Å². The van der Waals surface area contributed by atoms with E-state index in [-0.39, 0.29) is 11.0 Å². The van der Waals surface area contributed by atoms with E-state index in [1.54, 1.807) is 17.4 Å². The molecule has 0 radical (unpaired) electrons. The van der Waals surface area contributed by atoms with Crippen LogP contribution in [-0.2, 0) is 45.5 Å². The zero-order chi connectivity index (χ0) is 61.2. The summed E-state index contributed by atoms with van der Waals surface area (Å²) in [4.78, 5) is 47.7. The zero-order valence-electron chi connectivity index (χ0n) is 51.6. The van der Waals surface area contributed by atoms with Crippen molar-refractivity contribution >= 4 is 91.1 Å². The smallest absolute Gasteiger partial charge is 0.323 e. The van der Waals surface area contributed by atoms with E-state index in [1.165, 1.54) is 146 Å². The highest BCUT2D eigenvalue weighted by atomic mass is 32.1. The van der Waals surface area contributed by atoms with Gasteiger partial charge in [0.1, 0.15) is 24.7 Å². The Morgan fingerprint density at radius 2 is 1.00 bits per heavy atom. The minimum atomic E-state index is -1.35. The number of para-hydroxylation sites is 1. The second kappa shape index (κ2) is 29.0. The number of nitrogens with zero attached hydrogens (tertiary/aromatic N) is 3. The summed E-state index contributed by atoms with van der Waals surface area (Å²) in [5, 5.41) is 32.1. The summed E-state index contributed by atoms with van der Waals surface area (Å²) in [6.07, 6.45) is 23.5. The van der Waals surface area contributed by atoms with Crippen LogP contribution in [0.15, 0.2) is 115 Å². The van der Waals surface area contributed by atoms with Gasteiger partial charge in [-0.2, -0.15) is 5.26 Å². The van der Waals surface area contributed by atoms with E-state index in [9.17, 15) is 29.9 Å². The number of rotatable bonds is 31. The Balaban J connectivity index is 1.06. The lowest BCUT2D eigenvalue weighted by atomic mass is 9.82. The number of carbonyl (C=O) groups excluding carboxylic acids is 1. The van der Waals surface area contributed by atoms with Crippen LogP contribution in [0.1, 0.15) is 183 Å². The van der Waals surface area contributed by atoms with Crippen molar-refractivity contribution in [1.29, 1.82) is 5.26 Å². The molecule has 10 rings (SSSR count). The summed E-state index contributed by atoms with van der Waals surface area (Å²) in [6, 6.07) is 43.8. The number of thiophene rings is 4. The number of aliphatic carboxylic acids is 2. The van der Waals surface area contributed by atoms with Gasteiger partial charge < -0.3 is 19.7 Å². The van der Waals surface area contributed by atoms with Crippen molar-refractivity contribution in [2.45, 2.75) is 175 Å². The first-order chi connectivity index (χ1) is 42.3. The maximum absolute atomic E-state index is 13.8. The predicted octanol–water partition coefficient (Wildman–Crippen LogP) is 21.4. The van der Waals surface area contributed by atoms with Crippen molar-refractivity contribution in [3.63, 3.8) is 0 Å². The third-order valence-electron chi connectivity index (χ3n) is 17.5. The van der Waals surface area contributed by atoms with Crippen LogP contribution in [0, 0.1) is 11.3 Å². The number of hydrogen-bond donors (Lipinski definition) is 2. The zero-order valence-corrected chi connectivity index (χ0v) is 54.9. The van der Waals surface area contributed by atoms with Crippen LogP contribution in [-0.4, -0.2) is 50.6 Å². The van der Waals surface area contributed by atoms with E-state index in [1.807, 2.05) is 40.1 Å². The van der Waals surface area contributed by atoms with Crippen molar-refractivity contribution in [2.24, 2.45) is 0 Å². The lowest BCUT2D eigenvalue weighted by Gasteiger charge is -2.22. The fourth-order valence-electron chi connectivity index (χ4n) is 12.9. The molecule has 0 spiro atoms. The van der Waals surface area contributed by atoms with Gasteiger partial charge in [0.15, 0.2) is 0 Å². The molecule has 87 heavy (non-hydrogen) atoms. The van der Waals surface area contributed by atoms with Crippen molar-refractivity contribution in [2.75, 3.05) is 13.1 Å². The molecule has 1 aliphatic carbocycles. The lowest BCUT2D eigenvalue weighted by molar-refractivity contribution is -0.147. The fraction of sp³-hybridized carbons (Fsp3) is 0.387. The number of aryl methyl sites for hydroxylation is 4. The van der Waals surface area contributed by atoms with Crippen LogP contribution in [0.3, 0.4) is 0 Å². The Hall–Kier alpha value is -6.88. The van der Waals surface area contributed by atoms with Crippen molar-refractivity contribution < 1.29 is 24.6 Å². The molecule has 1 amide bonds. The van der Waals surface area contributed by atoms with Gasteiger partial charge >= 0.3 is 11.9 Å². The molecule has 452 valence electrons. The third kappa shape index (κ3) is 14.0. The molecule has 0 aliphatic heterocycles. The van der Waals surface area contributed by atoms with Gasteiger partial charge in [0.25, 0.3) is 5.91 Å². The number of carboxylic acid groups (broad SMARTS) is 2. The summed E-state index contributed by atoms with van der Waals surface area (Å²) < 4.78 is 2.47. The van der Waals surface area contributed by atoms with Crippen LogP contribution in [0.25, 0.3) is 84.4 Å². The Bertz CT molecular complexity index is 3990. The second-order valence-electron chi connectivity index (χ2n) is 24.2. The number of amides is 1. The highest BCUT2D eigenvalue weighted by molar-refractivity contribution is 7.29. The third-order valence-corrected chi connectivity index (χ3v) is 22.7. The Morgan fingerprint density at radius 3 is 1.56 bits per heavy atom. The molecule has 0 bridgehead atoms. The first-order valence-corrected chi connectivity index (χ1v) is 35.2. The fourth-order valence-corrected chi connectivity index (χ4v) is 18.1. The van der Waals surface area contributed by atoms with Crippen LogP contribution < -0.4 is 0 Å². The van der Waals surface area contributed by atoms with Gasteiger partial charge in [-0.05, 0) is 162 Å². The van der Waals surface area contributed by atoms with Gasteiger partial charge in [0.2, 0.25) is 0 Å². The molecular formula is C75H83N3O5S4. The molecule has 8 nitrogen and oxygen atoms in total. The van der Waals surface area contributed by atoms with Gasteiger partial charge in [-0.15, -0.1) is 45.3 Å². The summed E-state index contributed by atoms with van der Waals surface area (Å²) in [7, 11) is 0. The van der Waals surface area contributed by atoms with Gasteiger partial charge in [0.05, 0.1) is 11.0 Å². The molecule has 5 aromatic heterocycles. The highest BCUT2D eigenvalue weighted by Crippen LogP contribution is 2.52. The van der Waals surface area contributed by atoms with E-state index in [0.717, 1.165) is 98.8 Å². The van der Waals surface area contributed by atoms with E-state index in [0.29, 0.717) is 4.90 Å². The molecule has 0 saturated carbocycles. The summed E-state index contributed by atoms with van der Waals surface area (Å²) in [5.41, 5.74) is 15.1. The number of hydrogen-bond acceptors (Lipinski definition) is 8. The maximum atomic E-state index is 13.8. The van der Waals surface area contributed by atoms with E-state index in [4.69, 9.17) is 0 Å². The minimum absolute atomic E-state index is 0.103. The highest BCUT2D eigenvalue weighted by Gasteiger charge is 2.36. The quantitative estimate of drug-likeness (QED) is 0.0253. The van der Waals surface area contributed by atoms with Crippen molar-refractivity contribution in [3.8, 4) is 62.6 Å². The molecular weight excluding hydrogens is 1150 g/mol. The van der Waals surface area contributed by atoms with Crippen LogP contribution in [0.5, 0.6) is 0 Å². The molecule has 9 aromatic rings. The normalized spacial score (nSPS) is 12.7. The summed E-state index contributed by atoms with van der Waals surface area (Å²) in [6.45, 7) is 12.1. The number of nitriles is 1. The number of carboxylic acids is 2. The number of unbranched alkanes of at least 4 members (excludes halogenated alkanes) is 12. The standard InChI is InChI=1S/C75H83N3O5S4/c1-7-11-15-19-27-49-40-66(84-64(49)44-54(46-76)74(83)77(47-69(79)80)48-70(81)82)71-52(29-21-17-13-9-3)42-68(86-71)73-53(30-22-18-14-10-4)43-67(87-73)72-51(28-20-16-12-8-2)41-65(85-72)50-35-38-63-59(39-50)58-32-24-26-34-62(58)78(63)55-36-37-57-56-31-23-25-33-60(56)75(5,6)61(57)45-55/h23-26,31-45H,7-22,27-30,47-48H2,1-6H3,(H,79,80)(H,81,82)/b54-44+. The molecule has 0 fully saturated rings. The first-order valence-electron chi connectivity index (χ1n) is 31.9. The molecule has 2 N–H and O–H groups in total. The topological polar surface area (TPSA) is 124 Å². The van der Waals surface area contributed by atoms with Gasteiger partial charge in [-0.25, -0.2) is 0 Å². The van der Waals surface area contributed by atoms with Gasteiger partial charge in [0, 0.05) is 60.9 Å². The average molecular weight is 1230 g/mol. The van der Waals surface area contributed by atoms with E-state index >= 15 is 0 Å². The average Bonchev–Trinajstić information content (AvgIpc) is 1.67. The molecule has 0 saturated heterocycles. The first kappa shape index (κ1) is 63.1. The predicted molar refractivity (Wildman–Crippen MR) is 368 cm³/mol. The molecule has 5 heterocycles. The SMILES string of the molecule is CCCCCCc1cc(-c2sc(-c3sc(-c4sc(-c5ccc6c(c5)c5ccccc5n6-c5ccc6c(c5)C(C)(C)c5ccccc5-6)cc4CCCCCC)cc3CCCCCC)cc2CCCCCC)sc1/C=C(\C#N)C(=O)N(CC(=O)O)CC(=O)O. The largest absolute Gasteiger partial charge is 0.480 e. The Labute approximate surface area is 530 Å².